The van der Waals surface area contributed by atoms with E-state index in [2.05, 4.69) is 4.98 Å². The lowest BCUT2D eigenvalue weighted by Gasteiger charge is -1.96. The molecule has 0 amide bonds. The van der Waals surface area contributed by atoms with Gasteiger partial charge >= 0.3 is 10.7 Å². The first-order valence-electron chi connectivity index (χ1n) is 4.37. The lowest BCUT2D eigenvalue weighted by atomic mass is 10.3. The van der Waals surface area contributed by atoms with Gasteiger partial charge in [0.05, 0.1) is 12.4 Å². The van der Waals surface area contributed by atoms with Crippen LogP contribution in [-0.2, 0) is 0 Å². The summed E-state index contributed by atoms with van der Waals surface area (Å²) in [6, 6.07) is 3.81. The molecule has 0 aliphatic heterocycles. The minimum Gasteiger partial charge on any atom is -0.297 e. The van der Waals surface area contributed by atoms with E-state index in [1.165, 1.54) is 0 Å². The van der Waals surface area contributed by atoms with Crippen molar-refractivity contribution in [3.05, 3.63) is 44.6 Å². The molecule has 2 heterocycles. The minimum atomic E-state index is -0.221. The summed E-state index contributed by atoms with van der Waals surface area (Å²) in [4.78, 5) is 24.7. The Balaban J connectivity index is 2.62. The predicted molar refractivity (Wildman–Crippen MR) is 56.6 cm³/mol. The molecule has 0 saturated heterocycles. The number of aromatic amines is 1. The number of aryl methyl sites for hydroxylation is 1. The summed E-state index contributed by atoms with van der Waals surface area (Å²) in [6.07, 6.45) is 4.33. The molecule has 0 bridgehead atoms. The van der Waals surface area contributed by atoms with E-state index in [9.17, 15) is 9.59 Å². The molecule has 1 N–H and O–H groups in total. The fraction of sp³-hybridized carbons (Fsp3) is 0.100. The van der Waals surface area contributed by atoms with Crippen LogP contribution in [-0.4, -0.2) is 11.3 Å². The number of pyridine rings is 1. The SMILES string of the molecule is Cc1ccc[n+](-c2[nH]c(=O)sc2C=O)c1. The quantitative estimate of drug-likeness (QED) is 0.603. The van der Waals surface area contributed by atoms with Gasteiger partial charge in [-0.1, -0.05) is 6.07 Å². The summed E-state index contributed by atoms with van der Waals surface area (Å²) >= 11 is 0.915. The summed E-state index contributed by atoms with van der Waals surface area (Å²) in [5.41, 5.74) is 1.06. The van der Waals surface area contributed by atoms with E-state index in [4.69, 9.17) is 0 Å². The van der Waals surface area contributed by atoms with Crippen LogP contribution in [0.3, 0.4) is 0 Å². The van der Waals surface area contributed by atoms with Gasteiger partial charge in [0.15, 0.2) is 11.2 Å². The number of H-pyrrole nitrogens is 1. The molecular formula is C10H9N2O2S+. The van der Waals surface area contributed by atoms with Gasteiger partial charge in [-0.3, -0.25) is 4.79 Å². The van der Waals surface area contributed by atoms with Crippen molar-refractivity contribution in [2.24, 2.45) is 0 Å². The molecular weight excluding hydrogens is 212 g/mol. The van der Waals surface area contributed by atoms with Crippen molar-refractivity contribution < 1.29 is 9.36 Å². The van der Waals surface area contributed by atoms with Gasteiger partial charge in [-0.25, -0.2) is 9.36 Å². The zero-order valence-corrected chi connectivity index (χ0v) is 8.88. The largest absolute Gasteiger partial charge is 0.390 e. The van der Waals surface area contributed by atoms with Crippen molar-refractivity contribution >= 4 is 17.6 Å². The molecule has 76 valence electrons. The number of hydrogen-bond donors (Lipinski definition) is 1. The van der Waals surface area contributed by atoms with Crippen LogP contribution in [0.5, 0.6) is 0 Å². The standard InChI is InChI=1S/C10H8N2O2S/c1-7-3-2-4-12(5-7)9-8(6-13)15-10(14)11-9/h2-6H,1H3/p+1. The van der Waals surface area contributed by atoms with Gasteiger partial charge < -0.3 is 0 Å². The summed E-state index contributed by atoms with van der Waals surface area (Å²) < 4.78 is 1.73. The summed E-state index contributed by atoms with van der Waals surface area (Å²) in [7, 11) is 0. The van der Waals surface area contributed by atoms with Gasteiger partial charge in [0.25, 0.3) is 0 Å². The molecule has 15 heavy (non-hydrogen) atoms. The van der Waals surface area contributed by atoms with Crippen molar-refractivity contribution in [1.82, 2.24) is 4.98 Å². The van der Waals surface area contributed by atoms with Crippen LogP contribution in [0.25, 0.3) is 5.82 Å². The van der Waals surface area contributed by atoms with Gasteiger partial charge in [-0.05, 0) is 29.9 Å². The average molecular weight is 221 g/mol. The van der Waals surface area contributed by atoms with E-state index in [0.717, 1.165) is 16.9 Å². The van der Waals surface area contributed by atoms with E-state index in [1.54, 1.807) is 10.8 Å². The molecule has 0 unspecified atom stereocenters. The van der Waals surface area contributed by atoms with E-state index >= 15 is 0 Å². The maximum Gasteiger partial charge on any atom is 0.390 e. The fourth-order valence-electron chi connectivity index (χ4n) is 1.34. The average Bonchev–Trinajstić information content (AvgIpc) is 2.59. The number of aromatic nitrogens is 2. The third-order valence-electron chi connectivity index (χ3n) is 1.97. The second-order valence-corrected chi connectivity index (χ2v) is 4.15. The summed E-state index contributed by atoms with van der Waals surface area (Å²) in [5.74, 6) is 0.531. The van der Waals surface area contributed by atoms with Gasteiger partial charge in [-0.15, -0.1) is 0 Å². The predicted octanol–water partition coefficient (Wildman–Crippen LogP) is 0.834. The Morgan fingerprint density at radius 2 is 2.33 bits per heavy atom. The maximum absolute atomic E-state index is 11.1. The van der Waals surface area contributed by atoms with E-state index < -0.39 is 0 Å². The van der Waals surface area contributed by atoms with Crippen LogP contribution in [0.4, 0.5) is 0 Å². The third-order valence-corrected chi connectivity index (χ3v) is 2.77. The molecule has 0 aromatic carbocycles. The van der Waals surface area contributed by atoms with E-state index in [-0.39, 0.29) is 4.87 Å². The number of nitrogens with one attached hydrogen (secondary N) is 1. The smallest absolute Gasteiger partial charge is 0.297 e. The third kappa shape index (κ3) is 1.87. The summed E-state index contributed by atoms with van der Waals surface area (Å²) in [5, 5.41) is 0. The molecule has 0 aliphatic rings. The van der Waals surface area contributed by atoms with Crippen LogP contribution >= 0.6 is 11.3 Å². The van der Waals surface area contributed by atoms with Crippen molar-refractivity contribution in [2.75, 3.05) is 0 Å². The molecule has 0 saturated carbocycles. The van der Waals surface area contributed by atoms with Crippen molar-refractivity contribution in [3.8, 4) is 5.82 Å². The summed E-state index contributed by atoms with van der Waals surface area (Å²) in [6.45, 7) is 1.95. The molecule has 0 radical (unpaired) electrons. The highest BCUT2D eigenvalue weighted by Gasteiger charge is 2.16. The normalized spacial score (nSPS) is 10.2. The van der Waals surface area contributed by atoms with Gasteiger partial charge in [-0.2, -0.15) is 4.98 Å². The zero-order chi connectivity index (χ0) is 10.8. The number of carbonyl (C=O) groups is 1. The Labute approximate surface area is 89.8 Å². The molecule has 2 rings (SSSR count). The van der Waals surface area contributed by atoms with Gasteiger partial charge in [0.2, 0.25) is 0 Å². The van der Waals surface area contributed by atoms with Crippen molar-refractivity contribution in [1.29, 1.82) is 0 Å². The zero-order valence-electron chi connectivity index (χ0n) is 8.06. The van der Waals surface area contributed by atoms with Gasteiger partial charge in [0.1, 0.15) is 0 Å². The monoisotopic (exact) mass is 221 g/mol. The maximum atomic E-state index is 11.1. The van der Waals surface area contributed by atoms with Gasteiger partial charge in [0, 0.05) is 0 Å². The van der Waals surface area contributed by atoms with E-state index in [0.29, 0.717) is 17.0 Å². The number of hydrogen-bond acceptors (Lipinski definition) is 3. The highest BCUT2D eigenvalue weighted by atomic mass is 32.1. The second kappa shape index (κ2) is 3.78. The number of nitrogens with zero attached hydrogens (tertiary/aromatic N) is 1. The fourth-order valence-corrected chi connectivity index (χ4v) is 1.98. The number of carbonyl (C=O) groups excluding carboxylic acids is 1. The Kier molecular flexibility index (Phi) is 2.47. The molecule has 0 fully saturated rings. The Morgan fingerprint density at radius 1 is 1.53 bits per heavy atom. The molecule has 0 spiro atoms. The lowest BCUT2D eigenvalue weighted by molar-refractivity contribution is -0.599. The van der Waals surface area contributed by atoms with Crippen molar-refractivity contribution in [2.45, 2.75) is 6.92 Å². The molecule has 5 heteroatoms. The van der Waals surface area contributed by atoms with E-state index in [1.807, 2.05) is 25.3 Å². The number of rotatable bonds is 2. The highest BCUT2D eigenvalue weighted by molar-refractivity contribution is 7.11. The first-order valence-corrected chi connectivity index (χ1v) is 5.19. The molecule has 2 aromatic heterocycles. The number of aldehydes is 1. The topological polar surface area (TPSA) is 53.8 Å². The Morgan fingerprint density at radius 3 is 3.00 bits per heavy atom. The Bertz CT molecular complexity index is 557. The molecule has 0 atom stereocenters. The first-order chi connectivity index (χ1) is 7.20. The Hall–Kier alpha value is -1.75. The van der Waals surface area contributed by atoms with Crippen LogP contribution in [0.15, 0.2) is 29.3 Å². The molecule has 0 aliphatic carbocycles. The first kappa shape index (κ1) is 9.79. The van der Waals surface area contributed by atoms with Crippen LogP contribution < -0.4 is 9.44 Å². The van der Waals surface area contributed by atoms with Crippen LogP contribution in [0.2, 0.25) is 0 Å². The lowest BCUT2D eigenvalue weighted by Crippen LogP contribution is -2.32. The number of thiazole rings is 1. The van der Waals surface area contributed by atoms with Crippen LogP contribution in [0.1, 0.15) is 15.2 Å². The second-order valence-electron chi connectivity index (χ2n) is 3.13. The highest BCUT2D eigenvalue weighted by Crippen LogP contribution is 2.05. The molecule has 4 nitrogen and oxygen atoms in total. The van der Waals surface area contributed by atoms with Crippen molar-refractivity contribution in [3.63, 3.8) is 0 Å². The minimum absolute atomic E-state index is 0.221. The molecule has 2 aromatic rings. The van der Waals surface area contributed by atoms with Crippen LogP contribution in [0, 0.1) is 6.92 Å².